The van der Waals surface area contributed by atoms with Gasteiger partial charge in [-0.15, -0.1) is 0 Å². The first-order chi connectivity index (χ1) is 10.6. The monoisotopic (exact) mass is 303 g/mol. The Morgan fingerprint density at radius 2 is 2.32 bits per heavy atom. The van der Waals surface area contributed by atoms with E-state index in [0.29, 0.717) is 18.1 Å². The van der Waals surface area contributed by atoms with Crippen molar-refractivity contribution in [3.8, 4) is 5.75 Å². The van der Waals surface area contributed by atoms with E-state index in [9.17, 15) is 9.90 Å². The zero-order valence-corrected chi connectivity index (χ0v) is 12.4. The fourth-order valence-electron chi connectivity index (χ4n) is 2.72. The molecule has 0 bridgehead atoms. The Hall–Kier alpha value is -2.41. The van der Waals surface area contributed by atoms with Crippen LogP contribution in [0.3, 0.4) is 0 Å². The van der Waals surface area contributed by atoms with Crippen molar-refractivity contribution < 1.29 is 19.2 Å². The van der Waals surface area contributed by atoms with Gasteiger partial charge in [-0.1, -0.05) is 17.3 Å². The van der Waals surface area contributed by atoms with E-state index in [0.717, 1.165) is 5.56 Å². The van der Waals surface area contributed by atoms with E-state index in [4.69, 9.17) is 9.26 Å². The van der Waals surface area contributed by atoms with E-state index in [1.165, 1.54) is 0 Å². The maximum atomic E-state index is 12.5. The summed E-state index contributed by atoms with van der Waals surface area (Å²) < 4.78 is 10.1. The fraction of sp³-hybridized carbons (Fsp3) is 0.400. The second-order valence-electron chi connectivity index (χ2n) is 5.28. The van der Waals surface area contributed by atoms with Crippen molar-refractivity contribution in [2.45, 2.75) is 25.5 Å². The van der Waals surface area contributed by atoms with Crippen LogP contribution >= 0.6 is 0 Å². The first kappa shape index (κ1) is 14.5. The molecule has 1 saturated heterocycles. The second-order valence-corrected chi connectivity index (χ2v) is 5.28. The Labute approximate surface area is 127 Å². The number of nitrogens with zero attached hydrogens (tertiary/aromatic N) is 3. The van der Waals surface area contributed by atoms with Crippen LogP contribution in [-0.4, -0.2) is 45.8 Å². The summed E-state index contributed by atoms with van der Waals surface area (Å²) in [5.74, 6) is 0.712. The number of carbonyl (C=O) groups is 1. The number of hydrogen-bond donors (Lipinski definition) is 1. The molecule has 22 heavy (non-hydrogen) atoms. The number of aromatic nitrogens is 2. The lowest BCUT2D eigenvalue weighted by Crippen LogP contribution is -2.32. The highest BCUT2D eigenvalue weighted by Gasteiger charge is 2.37. The molecule has 1 amide bonds. The van der Waals surface area contributed by atoms with Gasteiger partial charge in [0.15, 0.2) is 0 Å². The summed E-state index contributed by atoms with van der Waals surface area (Å²) in [7, 11) is 1.59. The molecule has 0 saturated carbocycles. The zero-order chi connectivity index (χ0) is 15.7. The molecular weight excluding hydrogens is 286 g/mol. The molecular formula is C15H17N3O4. The van der Waals surface area contributed by atoms with Crippen molar-refractivity contribution in [1.82, 2.24) is 15.0 Å². The van der Waals surface area contributed by atoms with Gasteiger partial charge in [-0.2, -0.15) is 4.98 Å². The van der Waals surface area contributed by atoms with Gasteiger partial charge in [-0.05, 0) is 24.1 Å². The van der Waals surface area contributed by atoms with Crippen LogP contribution < -0.4 is 4.74 Å². The maximum Gasteiger partial charge on any atom is 0.295 e. The van der Waals surface area contributed by atoms with Crippen molar-refractivity contribution in [3.05, 3.63) is 41.5 Å². The molecule has 2 heterocycles. The number of aliphatic hydroxyl groups excluding tert-OH is 1. The fourth-order valence-corrected chi connectivity index (χ4v) is 2.72. The first-order valence-corrected chi connectivity index (χ1v) is 7.02. The average Bonchev–Trinajstić information content (AvgIpc) is 3.12. The summed E-state index contributed by atoms with van der Waals surface area (Å²) >= 11 is 0. The zero-order valence-electron chi connectivity index (χ0n) is 12.4. The van der Waals surface area contributed by atoms with Crippen molar-refractivity contribution in [1.29, 1.82) is 0 Å². The molecule has 0 spiro atoms. The quantitative estimate of drug-likeness (QED) is 0.920. The number of aliphatic hydroxyl groups is 1. The van der Waals surface area contributed by atoms with Gasteiger partial charge in [0.05, 0.1) is 19.3 Å². The minimum absolute atomic E-state index is 0.0134. The molecule has 1 aliphatic heterocycles. The van der Waals surface area contributed by atoms with Gasteiger partial charge < -0.3 is 19.3 Å². The third-order valence-electron chi connectivity index (χ3n) is 3.74. The molecule has 3 rings (SSSR count). The van der Waals surface area contributed by atoms with Crippen molar-refractivity contribution in [3.63, 3.8) is 0 Å². The SMILES string of the molecule is COc1cccc([C@@H]2C[C@H](O)CN2C(=O)c2noc(C)n2)c1. The highest BCUT2D eigenvalue weighted by Crippen LogP contribution is 2.34. The number of likely N-dealkylation sites (tertiary alicyclic amines) is 1. The molecule has 0 radical (unpaired) electrons. The van der Waals surface area contributed by atoms with Crippen molar-refractivity contribution >= 4 is 5.91 Å². The Morgan fingerprint density at radius 3 is 3.00 bits per heavy atom. The van der Waals surface area contributed by atoms with E-state index in [2.05, 4.69) is 10.1 Å². The molecule has 2 aromatic rings. The molecule has 1 N–H and O–H groups in total. The van der Waals surface area contributed by atoms with Crippen LogP contribution in [0, 0.1) is 6.92 Å². The van der Waals surface area contributed by atoms with Crippen LogP contribution in [0.1, 0.15) is 34.5 Å². The molecule has 7 heteroatoms. The summed E-state index contributed by atoms with van der Waals surface area (Å²) in [5, 5.41) is 13.6. The lowest BCUT2D eigenvalue weighted by atomic mass is 10.0. The Kier molecular flexibility index (Phi) is 3.81. The van der Waals surface area contributed by atoms with Crippen LogP contribution in [0.4, 0.5) is 0 Å². The van der Waals surface area contributed by atoms with E-state index < -0.39 is 6.10 Å². The number of carbonyl (C=O) groups excluding carboxylic acids is 1. The van der Waals surface area contributed by atoms with Crippen LogP contribution in [0.5, 0.6) is 5.75 Å². The van der Waals surface area contributed by atoms with Gasteiger partial charge >= 0.3 is 0 Å². The molecule has 0 unspecified atom stereocenters. The number of ether oxygens (including phenoxy) is 1. The second kappa shape index (κ2) is 5.76. The third-order valence-corrected chi connectivity index (χ3v) is 3.74. The molecule has 1 fully saturated rings. The Morgan fingerprint density at radius 1 is 1.50 bits per heavy atom. The number of rotatable bonds is 3. The number of methoxy groups -OCH3 is 1. The molecule has 0 aliphatic carbocycles. The molecule has 2 atom stereocenters. The summed E-state index contributed by atoms with van der Waals surface area (Å²) in [6.45, 7) is 1.87. The first-order valence-electron chi connectivity index (χ1n) is 7.02. The lowest BCUT2D eigenvalue weighted by molar-refractivity contribution is 0.0700. The van der Waals surface area contributed by atoms with Crippen LogP contribution in [0.2, 0.25) is 0 Å². The summed E-state index contributed by atoms with van der Waals surface area (Å²) in [5.41, 5.74) is 0.907. The maximum absolute atomic E-state index is 12.5. The Bertz CT molecular complexity index is 685. The van der Waals surface area contributed by atoms with E-state index in [1.807, 2.05) is 24.3 Å². The van der Waals surface area contributed by atoms with E-state index >= 15 is 0 Å². The summed E-state index contributed by atoms with van der Waals surface area (Å²) in [4.78, 5) is 18.1. The van der Waals surface area contributed by atoms with Crippen LogP contribution in [0.15, 0.2) is 28.8 Å². The molecule has 1 aromatic carbocycles. The van der Waals surface area contributed by atoms with Crippen molar-refractivity contribution in [2.24, 2.45) is 0 Å². The van der Waals surface area contributed by atoms with Gasteiger partial charge in [-0.3, -0.25) is 4.79 Å². The van der Waals surface area contributed by atoms with Crippen LogP contribution in [0.25, 0.3) is 0 Å². The number of aryl methyl sites for hydroxylation is 1. The normalized spacial score (nSPS) is 21.1. The van der Waals surface area contributed by atoms with Gasteiger partial charge in [0.1, 0.15) is 5.75 Å². The van der Waals surface area contributed by atoms with Gasteiger partial charge in [0.2, 0.25) is 5.89 Å². The predicted octanol–water partition coefficient (Wildman–Crippen LogP) is 1.33. The average molecular weight is 303 g/mol. The number of benzene rings is 1. The summed E-state index contributed by atoms with van der Waals surface area (Å²) in [6.07, 6.45) is -0.108. The van der Waals surface area contributed by atoms with Gasteiger partial charge in [0.25, 0.3) is 11.7 Å². The minimum atomic E-state index is -0.576. The molecule has 1 aromatic heterocycles. The molecule has 116 valence electrons. The highest BCUT2D eigenvalue weighted by atomic mass is 16.5. The van der Waals surface area contributed by atoms with E-state index in [-0.39, 0.29) is 24.3 Å². The largest absolute Gasteiger partial charge is 0.497 e. The molecule has 7 nitrogen and oxygen atoms in total. The van der Waals surface area contributed by atoms with Crippen LogP contribution in [-0.2, 0) is 0 Å². The lowest BCUT2D eigenvalue weighted by Gasteiger charge is -2.23. The Balaban J connectivity index is 1.90. The summed E-state index contributed by atoms with van der Waals surface area (Å²) in [6, 6.07) is 7.23. The minimum Gasteiger partial charge on any atom is -0.497 e. The standard InChI is InChI=1S/C15H17N3O4/c1-9-16-14(17-22-9)15(20)18-8-11(19)7-13(18)10-4-3-5-12(6-10)21-2/h3-6,11,13,19H,7-8H2,1-2H3/t11-,13-/m0/s1. The molecule has 1 aliphatic rings. The van der Waals surface area contributed by atoms with Crippen molar-refractivity contribution in [2.75, 3.05) is 13.7 Å². The third kappa shape index (κ3) is 2.67. The van der Waals surface area contributed by atoms with Gasteiger partial charge in [0, 0.05) is 13.5 Å². The predicted molar refractivity (Wildman–Crippen MR) is 76.4 cm³/mol. The highest BCUT2D eigenvalue weighted by molar-refractivity contribution is 5.90. The number of β-amino-alcohol motifs (C(OH)–C–C–N with tert-alkyl or cyclic N) is 1. The topological polar surface area (TPSA) is 88.7 Å². The van der Waals surface area contributed by atoms with Gasteiger partial charge in [-0.25, -0.2) is 0 Å². The van der Waals surface area contributed by atoms with E-state index in [1.54, 1.807) is 18.9 Å². The smallest absolute Gasteiger partial charge is 0.295 e. The number of hydrogen-bond acceptors (Lipinski definition) is 6. The number of amides is 1.